The Hall–Kier alpha value is -2.93. The van der Waals surface area contributed by atoms with Gasteiger partial charge in [-0.2, -0.15) is 0 Å². The van der Waals surface area contributed by atoms with Gasteiger partial charge < -0.3 is 14.0 Å². The van der Waals surface area contributed by atoms with Crippen LogP contribution in [0.5, 0.6) is 5.75 Å². The molecule has 152 valence electrons. The maximum atomic E-state index is 13.0. The van der Waals surface area contributed by atoms with Crippen molar-refractivity contribution in [2.45, 2.75) is 13.8 Å². The molecule has 7 nitrogen and oxygen atoms in total. The number of carbonyl (C=O) groups is 1. The normalized spacial score (nSPS) is 15.2. The smallest absolute Gasteiger partial charge is 0.274 e. The molecule has 3 heterocycles. The Balaban J connectivity index is 1.55. The predicted molar refractivity (Wildman–Crippen MR) is 112 cm³/mol. The van der Waals surface area contributed by atoms with Crippen molar-refractivity contribution in [3.8, 4) is 17.0 Å². The molecule has 3 aromatic rings. The van der Waals surface area contributed by atoms with Crippen LogP contribution < -0.4 is 4.74 Å². The minimum Gasteiger partial charge on any atom is -0.497 e. The van der Waals surface area contributed by atoms with E-state index in [2.05, 4.69) is 28.7 Å². The Kier molecular flexibility index (Phi) is 5.49. The van der Waals surface area contributed by atoms with E-state index in [1.54, 1.807) is 19.5 Å². The van der Waals surface area contributed by atoms with Gasteiger partial charge in [0, 0.05) is 56.9 Å². The van der Waals surface area contributed by atoms with Crippen molar-refractivity contribution in [3.63, 3.8) is 0 Å². The Labute approximate surface area is 170 Å². The fourth-order valence-corrected chi connectivity index (χ4v) is 3.79. The van der Waals surface area contributed by atoms with Crippen LogP contribution in [0.25, 0.3) is 16.9 Å². The van der Waals surface area contributed by atoms with Crippen LogP contribution in [0.3, 0.4) is 0 Å². The lowest BCUT2D eigenvalue weighted by Crippen LogP contribution is -2.49. The van der Waals surface area contributed by atoms with Crippen LogP contribution in [0, 0.1) is 5.92 Å². The maximum absolute atomic E-state index is 13.0. The van der Waals surface area contributed by atoms with Crippen molar-refractivity contribution in [3.05, 3.63) is 48.5 Å². The molecule has 0 aliphatic carbocycles. The lowest BCUT2D eigenvalue weighted by atomic mass is 10.1. The number of methoxy groups -OCH3 is 1. The van der Waals surface area contributed by atoms with Crippen LogP contribution in [-0.2, 0) is 0 Å². The molecular formula is C22H27N5O2. The largest absolute Gasteiger partial charge is 0.497 e. The van der Waals surface area contributed by atoms with Gasteiger partial charge in [0.25, 0.3) is 5.91 Å². The fraction of sp³-hybridized carbons (Fsp3) is 0.409. The summed E-state index contributed by atoms with van der Waals surface area (Å²) in [5, 5.41) is 0. The van der Waals surface area contributed by atoms with Crippen LogP contribution in [0.2, 0.25) is 0 Å². The Bertz CT molecular complexity index is 988. The first-order chi connectivity index (χ1) is 14.0. The van der Waals surface area contributed by atoms with E-state index in [0.29, 0.717) is 17.3 Å². The lowest BCUT2D eigenvalue weighted by Gasteiger charge is -2.35. The van der Waals surface area contributed by atoms with Gasteiger partial charge in [-0.25, -0.2) is 4.98 Å². The predicted octanol–water partition coefficient (Wildman–Crippen LogP) is 2.82. The number of ether oxygens (including phenoxy) is 1. The molecule has 0 saturated carbocycles. The molecule has 7 heteroatoms. The molecule has 0 spiro atoms. The van der Waals surface area contributed by atoms with E-state index in [-0.39, 0.29) is 5.91 Å². The second-order valence-corrected chi connectivity index (χ2v) is 7.85. The minimum atomic E-state index is -0.0152. The highest BCUT2D eigenvalue weighted by Gasteiger charge is 2.24. The molecule has 1 amide bonds. The number of benzene rings is 1. The average molecular weight is 393 g/mol. The molecule has 0 radical (unpaired) electrons. The first-order valence-corrected chi connectivity index (χ1v) is 10.0. The summed E-state index contributed by atoms with van der Waals surface area (Å²) in [6.07, 6.45) is 5.35. The summed E-state index contributed by atoms with van der Waals surface area (Å²) in [4.78, 5) is 26.5. The van der Waals surface area contributed by atoms with Gasteiger partial charge in [0.2, 0.25) is 0 Å². The molecule has 1 fully saturated rings. The van der Waals surface area contributed by atoms with E-state index in [4.69, 9.17) is 4.74 Å². The highest BCUT2D eigenvalue weighted by molar-refractivity contribution is 5.93. The lowest BCUT2D eigenvalue weighted by molar-refractivity contribution is 0.0619. The van der Waals surface area contributed by atoms with Crippen LogP contribution in [0.15, 0.2) is 42.9 Å². The van der Waals surface area contributed by atoms with Crippen LogP contribution in [0.1, 0.15) is 24.3 Å². The summed E-state index contributed by atoms with van der Waals surface area (Å²) in [5.41, 5.74) is 2.82. The molecule has 4 rings (SSSR count). The van der Waals surface area contributed by atoms with Crippen molar-refractivity contribution >= 4 is 11.6 Å². The zero-order valence-electron chi connectivity index (χ0n) is 17.2. The SMILES string of the molecule is COc1ccc(-c2nccn3cc(C(=O)N4CCN(CC(C)C)CC4)nc23)cc1. The molecule has 1 aliphatic heterocycles. The molecule has 1 aliphatic rings. The van der Waals surface area contributed by atoms with E-state index in [1.165, 1.54) is 0 Å². The van der Waals surface area contributed by atoms with Gasteiger partial charge >= 0.3 is 0 Å². The first-order valence-electron chi connectivity index (χ1n) is 10.0. The Morgan fingerprint density at radius 2 is 1.86 bits per heavy atom. The van der Waals surface area contributed by atoms with Gasteiger partial charge in [0.05, 0.1) is 7.11 Å². The third kappa shape index (κ3) is 4.10. The number of fused-ring (bicyclic) bond motifs is 1. The summed E-state index contributed by atoms with van der Waals surface area (Å²) in [6, 6.07) is 7.69. The third-order valence-corrected chi connectivity index (χ3v) is 5.24. The van der Waals surface area contributed by atoms with E-state index in [0.717, 1.165) is 49.7 Å². The van der Waals surface area contributed by atoms with Gasteiger partial charge in [-0.1, -0.05) is 13.8 Å². The number of piperazine rings is 1. The number of rotatable bonds is 5. The van der Waals surface area contributed by atoms with Crippen molar-refractivity contribution < 1.29 is 9.53 Å². The van der Waals surface area contributed by atoms with Gasteiger partial charge in [0.15, 0.2) is 5.65 Å². The Morgan fingerprint density at radius 3 is 2.52 bits per heavy atom. The molecule has 0 atom stereocenters. The number of hydrogen-bond donors (Lipinski definition) is 0. The topological polar surface area (TPSA) is 63.0 Å². The first kappa shape index (κ1) is 19.4. The van der Waals surface area contributed by atoms with Gasteiger partial charge in [0.1, 0.15) is 17.1 Å². The summed E-state index contributed by atoms with van der Waals surface area (Å²) < 4.78 is 7.10. The minimum absolute atomic E-state index is 0.0152. The van der Waals surface area contributed by atoms with E-state index in [1.807, 2.05) is 39.8 Å². The summed E-state index contributed by atoms with van der Waals surface area (Å²) >= 11 is 0. The molecule has 1 saturated heterocycles. The third-order valence-electron chi connectivity index (χ3n) is 5.24. The molecular weight excluding hydrogens is 366 g/mol. The maximum Gasteiger partial charge on any atom is 0.274 e. The number of nitrogens with zero attached hydrogens (tertiary/aromatic N) is 5. The molecule has 0 unspecified atom stereocenters. The Morgan fingerprint density at radius 1 is 1.14 bits per heavy atom. The van der Waals surface area contributed by atoms with Crippen LogP contribution in [-0.4, -0.2) is 69.9 Å². The van der Waals surface area contributed by atoms with Gasteiger partial charge in [-0.15, -0.1) is 0 Å². The molecule has 0 bridgehead atoms. The standard InChI is InChI=1S/C22H27N5O2/c1-16(2)14-25-10-12-26(13-11-25)22(28)19-15-27-9-8-23-20(21(27)24-19)17-4-6-18(29-3)7-5-17/h4-9,15-16H,10-14H2,1-3H3. The number of carbonyl (C=O) groups excluding carboxylic acids is 1. The van der Waals surface area contributed by atoms with Crippen molar-refractivity contribution in [1.82, 2.24) is 24.2 Å². The number of aromatic nitrogens is 3. The summed E-state index contributed by atoms with van der Waals surface area (Å²) in [6.45, 7) is 8.83. The van der Waals surface area contributed by atoms with Crippen LogP contribution >= 0.6 is 0 Å². The van der Waals surface area contributed by atoms with E-state index >= 15 is 0 Å². The summed E-state index contributed by atoms with van der Waals surface area (Å²) in [5.74, 6) is 1.41. The van der Waals surface area contributed by atoms with Crippen molar-refractivity contribution in [2.24, 2.45) is 5.92 Å². The molecule has 0 N–H and O–H groups in total. The van der Waals surface area contributed by atoms with E-state index in [9.17, 15) is 4.79 Å². The highest BCUT2D eigenvalue weighted by Crippen LogP contribution is 2.24. The molecule has 29 heavy (non-hydrogen) atoms. The molecule has 1 aromatic carbocycles. The van der Waals surface area contributed by atoms with Crippen molar-refractivity contribution in [2.75, 3.05) is 39.8 Å². The highest BCUT2D eigenvalue weighted by atomic mass is 16.5. The number of hydrogen-bond acceptors (Lipinski definition) is 5. The van der Waals surface area contributed by atoms with E-state index < -0.39 is 0 Å². The molecule has 2 aromatic heterocycles. The zero-order valence-corrected chi connectivity index (χ0v) is 17.2. The second kappa shape index (κ2) is 8.21. The number of imidazole rings is 1. The van der Waals surface area contributed by atoms with Gasteiger partial charge in [-0.05, 0) is 30.2 Å². The average Bonchev–Trinajstić information content (AvgIpc) is 3.18. The van der Waals surface area contributed by atoms with Crippen molar-refractivity contribution in [1.29, 1.82) is 0 Å². The zero-order chi connectivity index (χ0) is 20.4. The quantitative estimate of drug-likeness (QED) is 0.667. The second-order valence-electron chi connectivity index (χ2n) is 7.85. The number of amides is 1. The monoisotopic (exact) mass is 393 g/mol. The van der Waals surface area contributed by atoms with Crippen LogP contribution in [0.4, 0.5) is 0 Å². The fourth-order valence-electron chi connectivity index (χ4n) is 3.79. The van der Waals surface area contributed by atoms with Gasteiger partial charge in [-0.3, -0.25) is 14.7 Å². The summed E-state index contributed by atoms with van der Waals surface area (Å²) in [7, 11) is 1.64.